The van der Waals surface area contributed by atoms with E-state index >= 15 is 0 Å². The highest BCUT2D eigenvalue weighted by atomic mass is 35.5. The van der Waals surface area contributed by atoms with Crippen molar-refractivity contribution in [2.24, 2.45) is 5.41 Å². The summed E-state index contributed by atoms with van der Waals surface area (Å²) in [5.41, 5.74) is 0.717. The Labute approximate surface area is 142 Å². The van der Waals surface area contributed by atoms with Crippen molar-refractivity contribution in [3.8, 4) is 5.69 Å². The number of H-pyrrole nitrogens is 1. The number of amides is 1. The zero-order valence-corrected chi connectivity index (χ0v) is 14.3. The van der Waals surface area contributed by atoms with Gasteiger partial charge < -0.3 is 5.32 Å². The van der Waals surface area contributed by atoms with Crippen molar-refractivity contribution in [3.05, 3.63) is 34.9 Å². The quantitative estimate of drug-likeness (QED) is 0.649. The smallest absolute Gasteiger partial charge is 0.233 e. The van der Waals surface area contributed by atoms with Gasteiger partial charge in [-0.15, -0.1) is 23.2 Å². The number of nitrogens with zero attached hydrogens (tertiary/aromatic N) is 2. The second-order valence-corrected chi connectivity index (χ2v) is 7.50. The number of aromatic nitrogens is 3. The molecule has 1 aromatic carbocycles. The van der Waals surface area contributed by atoms with E-state index in [2.05, 4.69) is 15.5 Å². The third kappa shape index (κ3) is 2.45. The van der Waals surface area contributed by atoms with Crippen LogP contribution in [0, 0.1) is 17.1 Å². The van der Waals surface area contributed by atoms with Crippen LogP contribution >= 0.6 is 35.4 Å². The van der Waals surface area contributed by atoms with Gasteiger partial charge in [-0.2, -0.15) is 5.10 Å². The lowest BCUT2D eigenvalue weighted by atomic mass is 10.1. The third-order valence-corrected chi connectivity index (χ3v) is 5.34. The van der Waals surface area contributed by atoms with Gasteiger partial charge in [-0.05, 0) is 50.7 Å². The minimum Gasteiger partial charge on any atom is -0.325 e. The molecular formula is C14H14Cl2N4OS. The predicted molar refractivity (Wildman–Crippen MR) is 89.3 cm³/mol. The van der Waals surface area contributed by atoms with E-state index in [1.807, 2.05) is 25.1 Å². The summed E-state index contributed by atoms with van der Waals surface area (Å²) in [5, 5.41) is 9.66. The molecule has 1 amide bonds. The second-order valence-electron chi connectivity index (χ2n) is 5.63. The van der Waals surface area contributed by atoms with Crippen molar-refractivity contribution < 1.29 is 4.79 Å². The maximum absolute atomic E-state index is 12.3. The Morgan fingerprint density at radius 3 is 2.73 bits per heavy atom. The van der Waals surface area contributed by atoms with Gasteiger partial charge in [0.1, 0.15) is 10.2 Å². The van der Waals surface area contributed by atoms with Gasteiger partial charge >= 0.3 is 0 Å². The first kappa shape index (κ1) is 15.5. The summed E-state index contributed by atoms with van der Waals surface area (Å²) in [6.45, 7) is 3.60. The summed E-state index contributed by atoms with van der Waals surface area (Å²) >= 11 is 17.3. The molecule has 0 spiro atoms. The van der Waals surface area contributed by atoms with Crippen LogP contribution in [0.5, 0.6) is 0 Å². The van der Waals surface area contributed by atoms with Gasteiger partial charge in [0.2, 0.25) is 5.91 Å². The van der Waals surface area contributed by atoms with Gasteiger partial charge in [0.15, 0.2) is 4.77 Å². The summed E-state index contributed by atoms with van der Waals surface area (Å²) in [7, 11) is 0. The number of carbonyl (C=O) groups is 1. The molecule has 1 aliphatic rings. The van der Waals surface area contributed by atoms with Crippen molar-refractivity contribution in [2.45, 2.75) is 24.6 Å². The largest absolute Gasteiger partial charge is 0.325 e. The van der Waals surface area contributed by atoms with E-state index in [0.29, 0.717) is 16.9 Å². The Morgan fingerprint density at radius 1 is 1.50 bits per heavy atom. The SMILES string of the molecule is Cc1n[nH]c(=S)n1-c1cccc(NC(=O)C2(C)CC2(Cl)Cl)c1. The van der Waals surface area contributed by atoms with Crippen molar-refractivity contribution in [1.82, 2.24) is 14.8 Å². The fourth-order valence-electron chi connectivity index (χ4n) is 2.32. The van der Waals surface area contributed by atoms with E-state index in [-0.39, 0.29) is 5.91 Å². The molecule has 3 rings (SSSR count). The van der Waals surface area contributed by atoms with Crippen LogP contribution < -0.4 is 5.32 Å². The normalized spacial score (nSPS) is 22.4. The van der Waals surface area contributed by atoms with Gasteiger partial charge in [-0.25, -0.2) is 0 Å². The van der Waals surface area contributed by atoms with Crippen molar-refractivity contribution >= 4 is 47.0 Å². The van der Waals surface area contributed by atoms with Crippen LogP contribution in [0.15, 0.2) is 24.3 Å². The Bertz CT molecular complexity index is 813. The predicted octanol–water partition coefficient (Wildman–Crippen LogP) is 3.76. The number of hydrogen-bond acceptors (Lipinski definition) is 3. The summed E-state index contributed by atoms with van der Waals surface area (Å²) in [4.78, 5) is 12.3. The zero-order valence-electron chi connectivity index (χ0n) is 12.0. The van der Waals surface area contributed by atoms with Crippen LogP contribution in [-0.4, -0.2) is 25.0 Å². The third-order valence-electron chi connectivity index (χ3n) is 3.96. The second kappa shape index (κ2) is 5.08. The lowest BCUT2D eigenvalue weighted by molar-refractivity contribution is -0.120. The molecule has 5 nitrogen and oxygen atoms in total. The molecule has 1 atom stereocenters. The standard InChI is InChI=1S/C14H14Cl2N4OS/c1-8-18-19-12(22)20(8)10-5-3-4-9(6-10)17-11(21)13(2)7-14(13,15)16/h3-6H,7H2,1-2H3,(H,17,21)(H,19,22). The first-order valence-electron chi connectivity index (χ1n) is 6.68. The van der Waals surface area contributed by atoms with Gasteiger partial charge in [-0.1, -0.05) is 6.07 Å². The molecule has 0 saturated heterocycles. The number of hydrogen-bond donors (Lipinski definition) is 2. The molecule has 22 heavy (non-hydrogen) atoms. The number of aromatic amines is 1. The molecule has 2 aromatic rings. The van der Waals surface area contributed by atoms with Crippen molar-refractivity contribution in [1.29, 1.82) is 0 Å². The average Bonchev–Trinajstić information content (AvgIpc) is 2.79. The molecule has 1 unspecified atom stereocenters. The number of halogens is 2. The molecule has 1 saturated carbocycles. The molecule has 1 aliphatic carbocycles. The Hall–Kier alpha value is -1.37. The molecule has 1 aromatic heterocycles. The monoisotopic (exact) mass is 356 g/mol. The highest BCUT2D eigenvalue weighted by Crippen LogP contribution is 2.64. The lowest BCUT2D eigenvalue weighted by Gasteiger charge is -2.13. The van der Waals surface area contributed by atoms with Crippen LogP contribution in [0.1, 0.15) is 19.2 Å². The molecule has 8 heteroatoms. The first-order valence-corrected chi connectivity index (χ1v) is 7.85. The molecular weight excluding hydrogens is 343 g/mol. The Morgan fingerprint density at radius 2 is 2.18 bits per heavy atom. The number of alkyl halides is 2. The number of aryl methyl sites for hydroxylation is 1. The van der Waals surface area contributed by atoms with Gasteiger partial charge in [0.05, 0.1) is 11.1 Å². The average molecular weight is 357 g/mol. The molecule has 0 bridgehead atoms. The van der Waals surface area contributed by atoms with E-state index in [1.54, 1.807) is 17.6 Å². The van der Waals surface area contributed by atoms with Crippen LogP contribution in [0.3, 0.4) is 0 Å². The minimum absolute atomic E-state index is 0.192. The van der Waals surface area contributed by atoms with E-state index in [9.17, 15) is 4.79 Å². The van der Waals surface area contributed by atoms with Crippen LogP contribution in [-0.2, 0) is 4.79 Å². The van der Waals surface area contributed by atoms with Gasteiger partial charge in [0.25, 0.3) is 0 Å². The molecule has 1 heterocycles. The number of anilines is 1. The Balaban J connectivity index is 1.87. The number of benzene rings is 1. The highest BCUT2D eigenvalue weighted by molar-refractivity contribution is 7.71. The van der Waals surface area contributed by atoms with Gasteiger partial charge in [-0.3, -0.25) is 14.5 Å². The highest BCUT2D eigenvalue weighted by Gasteiger charge is 2.67. The summed E-state index contributed by atoms with van der Waals surface area (Å²) in [5.74, 6) is 0.547. The van der Waals surface area contributed by atoms with Crippen LogP contribution in [0.4, 0.5) is 5.69 Å². The topological polar surface area (TPSA) is 62.7 Å². The maximum atomic E-state index is 12.3. The van der Waals surface area contributed by atoms with E-state index in [4.69, 9.17) is 35.4 Å². The lowest BCUT2D eigenvalue weighted by Crippen LogP contribution is -2.26. The van der Waals surface area contributed by atoms with E-state index in [1.165, 1.54) is 0 Å². The minimum atomic E-state index is -0.988. The summed E-state index contributed by atoms with van der Waals surface area (Å²) in [6.07, 6.45) is 0.445. The molecule has 116 valence electrons. The van der Waals surface area contributed by atoms with Crippen molar-refractivity contribution in [2.75, 3.05) is 5.32 Å². The zero-order chi connectivity index (χ0) is 16.1. The van der Waals surface area contributed by atoms with Crippen LogP contribution in [0.2, 0.25) is 0 Å². The number of nitrogens with one attached hydrogen (secondary N) is 2. The van der Waals surface area contributed by atoms with Crippen LogP contribution in [0.25, 0.3) is 5.69 Å². The van der Waals surface area contributed by atoms with Gasteiger partial charge in [0, 0.05) is 5.69 Å². The maximum Gasteiger partial charge on any atom is 0.233 e. The first-order chi connectivity index (χ1) is 10.2. The molecule has 0 radical (unpaired) electrons. The fourth-order valence-corrected chi connectivity index (χ4v) is 3.31. The van der Waals surface area contributed by atoms with E-state index in [0.717, 1.165) is 11.5 Å². The summed E-state index contributed by atoms with van der Waals surface area (Å²) in [6, 6.07) is 7.35. The number of rotatable bonds is 3. The fraction of sp³-hybridized carbons (Fsp3) is 0.357. The van der Waals surface area contributed by atoms with E-state index < -0.39 is 9.75 Å². The number of carbonyl (C=O) groups excluding carboxylic acids is 1. The summed E-state index contributed by atoms with van der Waals surface area (Å²) < 4.78 is 1.30. The van der Waals surface area contributed by atoms with Crippen molar-refractivity contribution in [3.63, 3.8) is 0 Å². The molecule has 2 N–H and O–H groups in total. The Kier molecular flexibility index (Phi) is 3.58. The molecule has 1 fully saturated rings. The molecule has 0 aliphatic heterocycles.